The van der Waals surface area contributed by atoms with Crippen molar-refractivity contribution in [3.05, 3.63) is 35.4 Å². The molecule has 2 aliphatic rings. The summed E-state index contributed by atoms with van der Waals surface area (Å²) in [5.41, 5.74) is -2.58. The lowest BCUT2D eigenvalue weighted by molar-refractivity contribution is -0.138. The van der Waals surface area contributed by atoms with E-state index in [1.807, 2.05) is 6.92 Å². The summed E-state index contributed by atoms with van der Waals surface area (Å²) in [5, 5.41) is 5.30. The lowest BCUT2D eigenvalue weighted by Crippen LogP contribution is -2.47. The minimum Gasteiger partial charge on any atom is -0.352 e. The number of rotatable bonds is 4. The lowest BCUT2D eigenvalue weighted by Gasteiger charge is -2.30. The van der Waals surface area contributed by atoms with Crippen LogP contribution in [-0.4, -0.2) is 35.3 Å². The van der Waals surface area contributed by atoms with Crippen molar-refractivity contribution in [2.24, 2.45) is 5.92 Å². The second kappa shape index (κ2) is 7.68. The Bertz CT molecular complexity index is 827. The lowest BCUT2D eigenvalue weighted by atomic mass is 9.86. The topological polar surface area (TPSA) is 78.5 Å². The van der Waals surface area contributed by atoms with Crippen molar-refractivity contribution in [3.8, 4) is 0 Å². The van der Waals surface area contributed by atoms with Crippen LogP contribution in [-0.2, 0) is 21.3 Å². The molecule has 4 amide bonds. The van der Waals surface area contributed by atoms with E-state index in [2.05, 4.69) is 10.6 Å². The molecular formula is C20H24F3N3O3. The molecule has 0 bridgehead atoms. The van der Waals surface area contributed by atoms with E-state index >= 15 is 0 Å². The first-order chi connectivity index (χ1) is 13.5. The van der Waals surface area contributed by atoms with Gasteiger partial charge in [-0.05, 0) is 43.4 Å². The van der Waals surface area contributed by atoms with Crippen LogP contribution in [0, 0.1) is 5.92 Å². The molecule has 6 nitrogen and oxygen atoms in total. The molecule has 1 heterocycles. The first-order valence-electron chi connectivity index (χ1n) is 9.63. The van der Waals surface area contributed by atoms with Crippen molar-refractivity contribution in [2.75, 3.05) is 6.54 Å². The van der Waals surface area contributed by atoms with Crippen molar-refractivity contribution in [1.82, 2.24) is 15.5 Å². The molecule has 1 aromatic rings. The largest absolute Gasteiger partial charge is 0.416 e. The van der Waals surface area contributed by atoms with E-state index < -0.39 is 41.7 Å². The molecule has 1 saturated carbocycles. The van der Waals surface area contributed by atoms with Gasteiger partial charge in [0.1, 0.15) is 12.1 Å². The fraction of sp³-hybridized carbons (Fsp3) is 0.550. The minimum absolute atomic E-state index is 0.00753. The number of alkyl halides is 3. The summed E-state index contributed by atoms with van der Waals surface area (Å²) in [5.74, 6) is -0.902. The van der Waals surface area contributed by atoms with Crippen molar-refractivity contribution < 1.29 is 27.6 Å². The molecule has 0 spiro atoms. The van der Waals surface area contributed by atoms with E-state index in [0.717, 1.165) is 42.7 Å². The normalized spacial score (nSPS) is 27.7. The van der Waals surface area contributed by atoms with Gasteiger partial charge >= 0.3 is 12.2 Å². The molecule has 1 aliphatic carbocycles. The minimum atomic E-state index is -4.58. The highest BCUT2D eigenvalue weighted by atomic mass is 19.4. The van der Waals surface area contributed by atoms with Crippen LogP contribution in [0.4, 0.5) is 18.0 Å². The van der Waals surface area contributed by atoms with E-state index in [-0.39, 0.29) is 11.6 Å². The van der Waals surface area contributed by atoms with Crippen molar-refractivity contribution >= 4 is 17.8 Å². The molecule has 3 atom stereocenters. The van der Waals surface area contributed by atoms with Gasteiger partial charge in [0.25, 0.3) is 5.91 Å². The highest BCUT2D eigenvalue weighted by Gasteiger charge is 2.50. The second-order valence-corrected chi connectivity index (χ2v) is 7.96. The predicted molar refractivity (Wildman–Crippen MR) is 98.6 cm³/mol. The Morgan fingerprint density at radius 3 is 2.62 bits per heavy atom. The summed E-state index contributed by atoms with van der Waals surface area (Å²) in [7, 11) is 0. The van der Waals surface area contributed by atoms with Crippen molar-refractivity contribution in [1.29, 1.82) is 0 Å². The SMILES string of the molecule is C[C@@H]1CCCC[C@H]1NC(=O)CN1C(=O)N[C@](C)(c2cccc(C(F)(F)F)c2)C1=O. The van der Waals surface area contributed by atoms with Gasteiger partial charge < -0.3 is 10.6 Å². The zero-order chi connectivity index (χ0) is 21.4. The molecule has 158 valence electrons. The van der Waals surface area contributed by atoms with Gasteiger partial charge in [0.2, 0.25) is 5.91 Å². The highest BCUT2D eigenvalue weighted by Crippen LogP contribution is 2.34. The molecule has 0 radical (unpaired) electrons. The van der Waals surface area contributed by atoms with Crippen LogP contribution in [0.2, 0.25) is 0 Å². The van der Waals surface area contributed by atoms with E-state index in [9.17, 15) is 27.6 Å². The second-order valence-electron chi connectivity index (χ2n) is 7.96. The van der Waals surface area contributed by atoms with Crippen molar-refractivity contribution in [2.45, 2.75) is 57.3 Å². The Balaban J connectivity index is 1.74. The number of carbonyl (C=O) groups excluding carboxylic acids is 3. The summed E-state index contributed by atoms with van der Waals surface area (Å²) < 4.78 is 39.1. The molecule has 9 heteroatoms. The van der Waals surface area contributed by atoms with Gasteiger partial charge in [-0.3, -0.25) is 14.5 Å². The summed E-state index contributed by atoms with van der Waals surface area (Å²) >= 11 is 0. The average Bonchev–Trinajstić information content (AvgIpc) is 2.87. The van der Waals surface area contributed by atoms with E-state index in [4.69, 9.17) is 0 Å². The zero-order valence-electron chi connectivity index (χ0n) is 16.3. The smallest absolute Gasteiger partial charge is 0.352 e. The Kier molecular flexibility index (Phi) is 5.60. The summed E-state index contributed by atoms with van der Waals surface area (Å²) in [6.07, 6.45) is -0.618. The van der Waals surface area contributed by atoms with Gasteiger partial charge in [-0.25, -0.2) is 4.79 Å². The third kappa shape index (κ3) is 4.23. The van der Waals surface area contributed by atoms with E-state index in [0.29, 0.717) is 5.92 Å². The predicted octanol–water partition coefficient (Wildman–Crippen LogP) is 3.17. The van der Waals surface area contributed by atoms with Gasteiger partial charge in [0, 0.05) is 6.04 Å². The van der Waals surface area contributed by atoms with Crippen molar-refractivity contribution in [3.63, 3.8) is 0 Å². The highest BCUT2D eigenvalue weighted by molar-refractivity contribution is 6.09. The first kappa shape index (κ1) is 21.1. The Morgan fingerprint density at radius 1 is 1.28 bits per heavy atom. The number of hydrogen-bond acceptors (Lipinski definition) is 3. The quantitative estimate of drug-likeness (QED) is 0.747. The summed E-state index contributed by atoms with van der Waals surface area (Å²) in [4.78, 5) is 38.4. The zero-order valence-corrected chi connectivity index (χ0v) is 16.3. The molecule has 1 aliphatic heterocycles. The Hall–Kier alpha value is -2.58. The number of hydrogen-bond donors (Lipinski definition) is 2. The summed E-state index contributed by atoms with van der Waals surface area (Å²) in [6.45, 7) is 2.91. The molecule has 1 aromatic carbocycles. The number of urea groups is 1. The van der Waals surface area contributed by atoms with Gasteiger partial charge in [0.05, 0.1) is 5.56 Å². The van der Waals surface area contributed by atoms with Gasteiger partial charge in [0.15, 0.2) is 0 Å². The number of nitrogens with zero attached hydrogens (tertiary/aromatic N) is 1. The van der Waals surface area contributed by atoms with Crippen LogP contribution >= 0.6 is 0 Å². The van der Waals surface area contributed by atoms with Gasteiger partial charge in [-0.15, -0.1) is 0 Å². The fourth-order valence-corrected chi connectivity index (χ4v) is 3.97. The van der Waals surface area contributed by atoms with Crippen LogP contribution in [0.1, 0.15) is 50.7 Å². The molecule has 3 rings (SSSR count). The molecule has 1 saturated heterocycles. The molecule has 29 heavy (non-hydrogen) atoms. The maximum Gasteiger partial charge on any atom is 0.416 e. The van der Waals surface area contributed by atoms with Crippen LogP contribution in [0.15, 0.2) is 24.3 Å². The molecule has 0 aromatic heterocycles. The van der Waals surface area contributed by atoms with Crippen LogP contribution in [0.5, 0.6) is 0 Å². The monoisotopic (exact) mass is 411 g/mol. The maximum absolute atomic E-state index is 13.0. The number of carbonyl (C=O) groups is 3. The maximum atomic E-state index is 13.0. The fourth-order valence-electron chi connectivity index (χ4n) is 3.97. The Morgan fingerprint density at radius 2 is 1.97 bits per heavy atom. The number of benzene rings is 1. The third-order valence-electron chi connectivity index (χ3n) is 5.80. The van der Waals surface area contributed by atoms with Gasteiger partial charge in [-0.1, -0.05) is 31.9 Å². The number of amides is 4. The van der Waals surface area contributed by atoms with Crippen LogP contribution < -0.4 is 10.6 Å². The van der Waals surface area contributed by atoms with Crippen LogP contribution in [0.25, 0.3) is 0 Å². The average molecular weight is 411 g/mol. The molecule has 2 fully saturated rings. The number of imide groups is 1. The van der Waals surface area contributed by atoms with E-state index in [1.54, 1.807) is 0 Å². The summed E-state index contributed by atoms with van der Waals surface area (Å²) in [6, 6.07) is 3.45. The number of halogens is 3. The Labute approximate surface area is 166 Å². The van der Waals surface area contributed by atoms with E-state index in [1.165, 1.54) is 19.1 Å². The third-order valence-corrected chi connectivity index (χ3v) is 5.80. The number of nitrogens with one attached hydrogen (secondary N) is 2. The molecule has 2 N–H and O–H groups in total. The standard InChI is InChI=1S/C20H24F3N3O3/c1-12-6-3-4-9-15(12)24-16(27)11-26-17(28)19(2,25-18(26)29)13-7-5-8-14(10-13)20(21,22)23/h5,7-8,10,12,15H,3-4,6,9,11H2,1-2H3,(H,24,27)(H,25,29)/t12-,15-,19-/m1/s1. The first-order valence-corrected chi connectivity index (χ1v) is 9.63. The molecular weight excluding hydrogens is 387 g/mol. The van der Waals surface area contributed by atoms with Crippen LogP contribution in [0.3, 0.4) is 0 Å². The van der Waals surface area contributed by atoms with Gasteiger partial charge in [-0.2, -0.15) is 13.2 Å². The molecule has 0 unspecified atom stereocenters.